The van der Waals surface area contributed by atoms with Gasteiger partial charge in [-0.3, -0.25) is 0 Å². The molecule has 2 aromatic carbocycles. The van der Waals surface area contributed by atoms with Gasteiger partial charge in [0.25, 0.3) is 0 Å². The Morgan fingerprint density at radius 3 is 2.00 bits per heavy atom. The Kier molecular flexibility index (Phi) is 7.12. The Morgan fingerprint density at radius 1 is 0.794 bits per heavy atom. The second-order valence-electron chi connectivity index (χ2n) is 9.33. The maximum atomic E-state index is 14.8. The van der Waals surface area contributed by atoms with Crippen molar-refractivity contribution in [1.29, 1.82) is 0 Å². The van der Waals surface area contributed by atoms with Crippen LogP contribution in [0.4, 0.5) is 30.7 Å². The highest BCUT2D eigenvalue weighted by Crippen LogP contribution is 2.42. The molecule has 1 saturated heterocycles. The van der Waals surface area contributed by atoms with Gasteiger partial charge in [0, 0.05) is 17.7 Å². The lowest BCUT2D eigenvalue weighted by atomic mass is 9.74. The van der Waals surface area contributed by atoms with E-state index in [9.17, 15) is 30.7 Å². The fourth-order valence-electron chi connectivity index (χ4n) is 4.98. The zero-order valence-electron chi connectivity index (χ0n) is 18.5. The number of hydrogen-bond acceptors (Lipinski definition) is 2. The summed E-state index contributed by atoms with van der Waals surface area (Å²) < 4.78 is 108. The van der Waals surface area contributed by atoms with Crippen molar-refractivity contribution in [2.24, 2.45) is 17.8 Å². The zero-order valence-corrected chi connectivity index (χ0v) is 18.5. The molecule has 0 amide bonds. The molecule has 2 nitrogen and oxygen atoms in total. The lowest BCUT2D eigenvalue weighted by Gasteiger charge is -2.37. The smallest absolute Gasteiger partial charge is 0.429 e. The molecule has 1 heterocycles. The molecule has 0 N–H and O–H groups in total. The predicted octanol–water partition coefficient (Wildman–Crippen LogP) is 7.80. The minimum absolute atomic E-state index is 0.174. The highest BCUT2D eigenvalue weighted by Gasteiger charge is 2.41. The minimum Gasteiger partial charge on any atom is -0.429 e. The summed E-state index contributed by atoms with van der Waals surface area (Å²) in [5.74, 6) is -8.22. The molecule has 1 aliphatic heterocycles. The van der Waals surface area contributed by atoms with E-state index in [1.165, 1.54) is 12.8 Å². The van der Waals surface area contributed by atoms with Crippen molar-refractivity contribution in [3.63, 3.8) is 0 Å². The van der Waals surface area contributed by atoms with Crippen LogP contribution in [-0.4, -0.2) is 6.61 Å². The average Bonchev–Trinajstić information content (AvgIpc) is 2.79. The van der Waals surface area contributed by atoms with Crippen LogP contribution in [-0.2, 0) is 10.8 Å². The van der Waals surface area contributed by atoms with Crippen LogP contribution >= 0.6 is 0 Å². The van der Waals surface area contributed by atoms with Gasteiger partial charge in [-0.2, -0.15) is 8.78 Å². The van der Waals surface area contributed by atoms with E-state index in [1.807, 2.05) is 0 Å². The topological polar surface area (TPSA) is 18.5 Å². The second-order valence-corrected chi connectivity index (χ2v) is 9.33. The molecular formula is C25H25F7O2. The second kappa shape index (κ2) is 9.76. The van der Waals surface area contributed by atoms with Crippen LogP contribution in [0, 0.1) is 46.8 Å². The quantitative estimate of drug-likeness (QED) is 0.314. The molecule has 0 aromatic heterocycles. The Morgan fingerprint density at radius 2 is 1.41 bits per heavy atom. The van der Waals surface area contributed by atoms with Crippen LogP contribution < -0.4 is 4.74 Å². The molecular weight excluding hydrogens is 465 g/mol. The third-order valence-electron chi connectivity index (χ3n) is 7.01. The summed E-state index contributed by atoms with van der Waals surface area (Å²) in [6.07, 6.45) is 0.539. The van der Waals surface area contributed by atoms with Crippen LogP contribution in [0.1, 0.15) is 62.7 Å². The number of alkyl halides is 2. The first-order valence-corrected chi connectivity index (χ1v) is 11.4. The first kappa shape index (κ1) is 24.8. The van der Waals surface area contributed by atoms with E-state index in [0.29, 0.717) is 36.8 Å². The molecule has 2 unspecified atom stereocenters. The Bertz CT molecular complexity index is 1000. The van der Waals surface area contributed by atoms with Crippen molar-refractivity contribution in [2.45, 2.75) is 57.7 Å². The molecule has 1 saturated carbocycles. The first-order valence-electron chi connectivity index (χ1n) is 11.4. The van der Waals surface area contributed by atoms with Crippen LogP contribution in [0.15, 0.2) is 24.3 Å². The molecule has 9 heteroatoms. The summed E-state index contributed by atoms with van der Waals surface area (Å²) in [5.41, 5.74) is -1.63. The van der Waals surface area contributed by atoms with E-state index < -0.39 is 52.6 Å². The molecule has 0 radical (unpaired) electrons. The molecule has 0 spiro atoms. The molecule has 4 rings (SSSR count). The van der Waals surface area contributed by atoms with Gasteiger partial charge in [0.15, 0.2) is 29.1 Å². The summed E-state index contributed by atoms with van der Waals surface area (Å²) in [7, 11) is 0. The Labute approximate surface area is 193 Å². The van der Waals surface area contributed by atoms with E-state index in [4.69, 9.17) is 4.74 Å². The number of halogens is 7. The lowest BCUT2D eigenvalue weighted by Crippen LogP contribution is -2.30. The van der Waals surface area contributed by atoms with Gasteiger partial charge in [-0.05, 0) is 49.5 Å². The minimum atomic E-state index is -4.48. The summed E-state index contributed by atoms with van der Waals surface area (Å²) in [5, 5.41) is 0. The summed E-state index contributed by atoms with van der Waals surface area (Å²) in [4.78, 5) is 0. The van der Waals surface area contributed by atoms with Crippen LogP contribution in [0.2, 0.25) is 0 Å². The standard InChI is InChI=1S/C25H25F7O2/c1-13-2-4-14(5-3-13)15-6-9-21(33-12-15)17-7-8-18(23(29)22(17)28)25(31,32)34-16-10-19(26)24(30)20(27)11-16/h7-8,10-11,13-15,21H,2-6,9,12H2,1H3. The normalized spacial score (nSPS) is 25.9. The molecule has 2 atom stereocenters. The third-order valence-corrected chi connectivity index (χ3v) is 7.01. The molecule has 186 valence electrons. The predicted molar refractivity (Wildman–Crippen MR) is 110 cm³/mol. The van der Waals surface area contributed by atoms with Gasteiger partial charge in [0.2, 0.25) is 0 Å². The van der Waals surface area contributed by atoms with Crippen LogP contribution in [0.3, 0.4) is 0 Å². The highest BCUT2D eigenvalue weighted by molar-refractivity contribution is 5.32. The van der Waals surface area contributed by atoms with Crippen molar-refractivity contribution >= 4 is 0 Å². The highest BCUT2D eigenvalue weighted by atomic mass is 19.3. The van der Waals surface area contributed by atoms with Gasteiger partial charge in [-0.25, -0.2) is 22.0 Å². The largest absolute Gasteiger partial charge is 0.429 e. The van der Waals surface area contributed by atoms with Gasteiger partial charge in [0.05, 0.1) is 12.7 Å². The summed E-state index contributed by atoms with van der Waals surface area (Å²) in [6, 6.07) is 2.04. The number of ether oxygens (including phenoxy) is 2. The summed E-state index contributed by atoms with van der Waals surface area (Å²) >= 11 is 0. The van der Waals surface area contributed by atoms with E-state index in [2.05, 4.69) is 11.7 Å². The molecule has 34 heavy (non-hydrogen) atoms. The van der Waals surface area contributed by atoms with Crippen molar-refractivity contribution in [3.8, 4) is 5.75 Å². The van der Waals surface area contributed by atoms with Crippen molar-refractivity contribution in [3.05, 3.63) is 64.5 Å². The Hall–Kier alpha value is -2.29. The molecule has 2 aromatic rings. The van der Waals surface area contributed by atoms with Gasteiger partial charge in [-0.1, -0.05) is 25.8 Å². The zero-order chi connectivity index (χ0) is 24.6. The van der Waals surface area contributed by atoms with Crippen molar-refractivity contribution in [1.82, 2.24) is 0 Å². The molecule has 0 bridgehead atoms. The molecule has 2 fully saturated rings. The van der Waals surface area contributed by atoms with Gasteiger partial charge < -0.3 is 9.47 Å². The third kappa shape index (κ3) is 5.04. The first-order chi connectivity index (χ1) is 16.1. The Balaban J connectivity index is 1.47. The number of benzene rings is 2. The fraction of sp³-hybridized carbons (Fsp3) is 0.520. The maximum Gasteiger partial charge on any atom is 0.429 e. The van der Waals surface area contributed by atoms with Crippen LogP contribution in [0.25, 0.3) is 0 Å². The SMILES string of the molecule is CC1CCC(C2CCC(c3ccc(C(F)(F)Oc4cc(F)c(F)c(F)c4)c(F)c3F)OC2)CC1. The average molecular weight is 490 g/mol. The van der Waals surface area contributed by atoms with Crippen molar-refractivity contribution < 1.29 is 40.2 Å². The number of rotatable bonds is 5. The monoisotopic (exact) mass is 490 g/mol. The molecule has 2 aliphatic rings. The van der Waals surface area contributed by atoms with E-state index in [0.717, 1.165) is 25.3 Å². The molecule has 1 aliphatic carbocycles. The summed E-state index contributed by atoms with van der Waals surface area (Å²) in [6.45, 7) is 2.63. The van der Waals surface area contributed by atoms with E-state index in [-0.39, 0.29) is 17.7 Å². The van der Waals surface area contributed by atoms with E-state index in [1.54, 1.807) is 0 Å². The van der Waals surface area contributed by atoms with Gasteiger partial charge >= 0.3 is 6.11 Å². The van der Waals surface area contributed by atoms with Crippen molar-refractivity contribution in [2.75, 3.05) is 6.61 Å². The van der Waals surface area contributed by atoms with Crippen LogP contribution in [0.5, 0.6) is 5.75 Å². The number of hydrogen-bond donors (Lipinski definition) is 0. The van der Waals surface area contributed by atoms with E-state index >= 15 is 0 Å². The van der Waals surface area contributed by atoms with Gasteiger partial charge in [0.1, 0.15) is 11.3 Å². The maximum absolute atomic E-state index is 14.8. The van der Waals surface area contributed by atoms with Gasteiger partial charge in [-0.15, -0.1) is 0 Å². The lowest BCUT2D eigenvalue weighted by molar-refractivity contribution is -0.188. The fourth-order valence-corrected chi connectivity index (χ4v) is 4.98.